The van der Waals surface area contributed by atoms with E-state index in [1.807, 2.05) is 0 Å². The lowest BCUT2D eigenvalue weighted by Gasteiger charge is -2.12. The number of halogens is 3. The topological polar surface area (TPSA) is 39.4 Å². The summed E-state index contributed by atoms with van der Waals surface area (Å²) in [5.41, 5.74) is 0.00990. The number of hydrogen-bond acceptors (Lipinski definition) is 3. The average Bonchev–Trinajstić information content (AvgIpc) is 2.90. The van der Waals surface area contributed by atoms with E-state index in [0.717, 1.165) is 6.07 Å². The lowest BCUT2D eigenvalue weighted by molar-refractivity contribution is -0.138. The highest BCUT2D eigenvalue weighted by Crippen LogP contribution is 2.32. The Labute approximate surface area is 124 Å². The van der Waals surface area contributed by atoms with Gasteiger partial charge in [0.1, 0.15) is 5.82 Å². The number of alkyl halides is 3. The van der Waals surface area contributed by atoms with Gasteiger partial charge in [-0.2, -0.15) is 13.2 Å². The molecular weight excluding hydrogens is 295 g/mol. The maximum absolute atomic E-state index is 13.1. The minimum atomic E-state index is -4.40. The van der Waals surface area contributed by atoms with Crippen LogP contribution in [0.3, 0.4) is 0 Å². The molecule has 0 unspecified atom stereocenters. The minimum absolute atomic E-state index is 0.0111. The summed E-state index contributed by atoms with van der Waals surface area (Å²) in [5.74, 6) is 0.867. The summed E-state index contributed by atoms with van der Waals surface area (Å²) < 4.78 is 46.0. The third-order valence-electron chi connectivity index (χ3n) is 3.34. The van der Waals surface area contributed by atoms with E-state index in [1.165, 1.54) is 19.2 Å². The third kappa shape index (κ3) is 2.49. The van der Waals surface area contributed by atoms with Crippen molar-refractivity contribution in [1.82, 2.24) is 14.6 Å². The van der Waals surface area contributed by atoms with E-state index in [4.69, 9.17) is 4.74 Å². The standard InChI is InChI=1S/C15H12F3N3O/c1-22-14-8-4-7-12-19-20-13(21(12)14)9-10-5-2-3-6-11(10)15(16,17)18/h2-8H,9H2,1H3. The van der Waals surface area contributed by atoms with Gasteiger partial charge in [0, 0.05) is 6.42 Å². The average molecular weight is 307 g/mol. The first kappa shape index (κ1) is 14.4. The van der Waals surface area contributed by atoms with Gasteiger partial charge in [0.15, 0.2) is 5.65 Å². The summed E-state index contributed by atoms with van der Waals surface area (Å²) in [6, 6.07) is 10.6. The van der Waals surface area contributed by atoms with Crippen molar-refractivity contribution in [3.8, 4) is 5.88 Å². The van der Waals surface area contributed by atoms with Crippen molar-refractivity contribution in [3.63, 3.8) is 0 Å². The number of ether oxygens (including phenoxy) is 1. The fraction of sp³-hybridized carbons (Fsp3) is 0.200. The van der Waals surface area contributed by atoms with Crippen LogP contribution < -0.4 is 4.74 Å². The van der Waals surface area contributed by atoms with Crippen LogP contribution >= 0.6 is 0 Å². The zero-order valence-corrected chi connectivity index (χ0v) is 11.6. The summed E-state index contributed by atoms with van der Waals surface area (Å²) in [6.07, 6.45) is -4.39. The van der Waals surface area contributed by atoms with Crippen molar-refractivity contribution in [2.24, 2.45) is 0 Å². The van der Waals surface area contributed by atoms with Crippen LogP contribution in [0.1, 0.15) is 17.0 Å². The van der Waals surface area contributed by atoms with E-state index in [-0.39, 0.29) is 12.0 Å². The maximum atomic E-state index is 13.1. The molecule has 0 bridgehead atoms. The smallest absolute Gasteiger partial charge is 0.416 e. The quantitative estimate of drug-likeness (QED) is 0.745. The molecule has 0 amide bonds. The van der Waals surface area contributed by atoms with Crippen molar-refractivity contribution in [2.75, 3.05) is 7.11 Å². The molecule has 114 valence electrons. The molecule has 1 aromatic carbocycles. The van der Waals surface area contributed by atoms with E-state index in [0.29, 0.717) is 17.4 Å². The minimum Gasteiger partial charge on any atom is -0.482 e. The van der Waals surface area contributed by atoms with Gasteiger partial charge in [-0.3, -0.25) is 0 Å². The number of benzene rings is 1. The SMILES string of the molecule is COc1cccc2nnc(Cc3ccccc3C(F)(F)F)n12. The molecule has 0 spiro atoms. The van der Waals surface area contributed by atoms with Crippen LogP contribution in [-0.2, 0) is 12.6 Å². The molecule has 0 aliphatic heterocycles. The van der Waals surface area contributed by atoms with Crippen molar-refractivity contribution in [1.29, 1.82) is 0 Å². The highest BCUT2D eigenvalue weighted by molar-refractivity contribution is 5.43. The van der Waals surface area contributed by atoms with Gasteiger partial charge in [-0.05, 0) is 23.8 Å². The van der Waals surface area contributed by atoms with Gasteiger partial charge in [-0.1, -0.05) is 24.3 Å². The number of aromatic nitrogens is 3. The third-order valence-corrected chi connectivity index (χ3v) is 3.34. The molecule has 3 rings (SSSR count). The Hall–Kier alpha value is -2.57. The number of nitrogens with zero attached hydrogens (tertiary/aromatic N) is 3. The van der Waals surface area contributed by atoms with Crippen molar-refractivity contribution < 1.29 is 17.9 Å². The van der Waals surface area contributed by atoms with Crippen LogP contribution in [-0.4, -0.2) is 21.7 Å². The number of hydrogen-bond donors (Lipinski definition) is 0. The molecule has 0 saturated heterocycles. The molecule has 2 aromatic heterocycles. The van der Waals surface area contributed by atoms with E-state index < -0.39 is 11.7 Å². The predicted octanol–water partition coefficient (Wildman–Crippen LogP) is 3.35. The first-order chi connectivity index (χ1) is 10.5. The molecule has 0 aliphatic carbocycles. The Kier molecular flexibility index (Phi) is 3.48. The number of rotatable bonds is 3. The molecule has 4 nitrogen and oxygen atoms in total. The monoisotopic (exact) mass is 307 g/mol. The van der Waals surface area contributed by atoms with Gasteiger partial charge < -0.3 is 4.74 Å². The zero-order chi connectivity index (χ0) is 15.7. The van der Waals surface area contributed by atoms with E-state index in [9.17, 15) is 13.2 Å². The lowest BCUT2D eigenvalue weighted by Crippen LogP contribution is -2.10. The molecular formula is C15H12F3N3O. The summed E-state index contributed by atoms with van der Waals surface area (Å²) in [6.45, 7) is 0. The Bertz CT molecular complexity index is 811. The highest BCUT2D eigenvalue weighted by Gasteiger charge is 2.33. The van der Waals surface area contributed by atoms with Gasteiger partial charge in [0.05, 0.1) is 12.7 Å². The van der Waals surface area contributed by atoms with Crippen molar-refractivity contribution >= 4 is 5.65 Å². The summed E-state index contributed by atoms with van der Waals surface area (Å²) in [7, 11) is 1.49. The van der Waals surface area contributed by atoms with Crippen LogP contribution in [0.4, 0.5) is 13.2 Å². The Balaban J connectivity index is 2.09. The van der Waals surface area contributed by atoms with Gasteiger partial charge in [-0.25, -0.2) is 4.40 Å². The summed E-state index contributed by atoms with van der Waals surface area (Å²) >= 11 is 0. The summed E-state index contributed by atoms with van der Waals surface area (Å²) in [5, 5.41) is 7.95. The van der Waals surface area contributed by atoms with Crippen LogP contribution in [0, 0.1) is 0 Å². The van der Waals surface area contributed by atoms with E-state index in [2.05, 4.69) is 10.2 Å². The Morgan fingerprint density at radius 1 is 1.05 bits per heavy atom. The molecule has 3 aromatic rings. The summed E-state index contributed by atoms with van der Waals surface area (Å²) in [4.78, 5) is 0. The number of methoxy groups -OCH3 is 1. The maximum Gasteiger partial charge on any atom is 0.416 e. The molecule has 22 heavy (non-hydrogen) atoms. The number of fused-ring (bicyclic) bond motifs is 1. The van der Waals surface area contributed by atoms with Crippen LogP contribution in [0.25, 0.3) is 5.65 Å². The van der Waals surface area contributed by atoms with Gasteiger partial charge in [0.2, 0.25) is 5.88 Å². The highest BCUT2D eigenvalue weighted by atomic mass is 19.4. The fourth-order valence-electron chi connectivity index (χ4n) is 2.36. The number of pyridine rings is 1. The molecule has 2 heterocycles. The second-order valence-corrected chi connectivity index (χ2v) is 4.71. The second kappa shape index (κ2) is 5.32. The normalized spacial score (nSPS) is 11.8. The van der Waals surface area contributed by atoms with Crippen molar-refractivity contribution in [2.45, 2.75) is 12.6 Å². The predicted molar refractivity (Wildman–Crippen MR) is 73.8 cm³/mol. The molecule has 7 heteroatoms. The van der Waals surface area contributed by atoms with E-state index >= 15 is 0 Å². The lowest BCUT2D eigenvalue weighted by atomic mass is 10.0. The molecule has 0 N–H and O–H groups in total. The van der Waals surface area contributed by atoms with Gasteiger partial charge >= 0.3 is 6.18 Å². The first-order valence-corrected chi connectivity index (χ1v) is 6.53. The molecule has 0 saturated carbocycles. The zero-order valence-electron chi connectivity index (χ0n) is 11.6. The van der Waals surface area contributed by atoms with Crippen LogP contribution in [0.2, 0.25) is 0 Å². The van der Waals surface area contributed by atoms with Crippen LogP contribution in [0.5, 0.6) is 5.88 Å². The van der Waals surface area contributed by atoms with Gasteiger partial charge in [-0.15, -0.1) is 10.2 Å². The van der Waals surface area contributed by atoms with Crippen molar-refractivity contribution in [3.05, 3.63) is 59.4 Å². The molecule has 0 atom stereocenters. The van der Waals surface area contributed by atoms with Crippen LogP contribution in [0.15, 0.2) is 42.5 Å². The largest absolute Gasteiger partial charge is 0.482 e. The fourth-order valence-corrected chi connectivity index (χ4v) is 2.36. The molecule has 0 aliphatic rings. The van der Waals surface area contributed by atoms with Gasteiger partial charge in [0.25, 0.3) is 0 Å². The molecule has 0 fully saturated rings. The Morgan fingerprint density at radius 2 is 1.82 bits per heavy atom. The Morgan fingerprint density at radius 3 is 2.55 bits per heavy atom. The second-order valence-electron chi connectivity index (χ2n) is 4.71. The van der Waals surface area contributed by atoms with E-state index in [1.54, 1.807) is 28.7 Å². The molecule has 0 radical (unpaired) electrons. The first-order valence-electron chi connectivity index (χ1n) is 6.53.